The number of hydrogen-bond acceptors (Lipinski definition) is 2. The molecule has 0 radical (unpaired) electrons. The van der Waals surface area contributed by atoms with Crippen molar-refractivity contribution in [2.75, 3.05) is 0 Å². The van der Waals surface area contributed by atoms with Crippen LogP contribution in [0.2, 0.25) is 0 Å². The summed E-state index contributed by atoms with van der Waals surface area (Å²) in [7, 11) is 0. The molecule has 3 heteroatoms. The molecule has 1 fully saturated rings. The van der Waals surface area contributed by atoms with Gasteiger partial charge in [0.2, 0.25) is 11.8 Å². The molecule has 16 heavy (non-hydrogen) atoms. The maximum Gasteiger partial charge on any atom is 0.227 e. The molecule has 1 aromatic rings. The summed E-state index contributed by atoms with van der Waals surface area (Å²) in [5, 5.41) is 2.30. The molecule has 3 nitrogen and oxygen atoms in total. The molecule has 82 valence electrons. The lowest BCUT2D eigenvalue weighted by Gasteiger charge is -2.17. The van der Waals surface area contributed by atoms with E-state index < -0.39 is 0 Å². The Kier molecular flexibility index (Phi) is 3.15. The number of carbonyl (C=O) groups excluding carboxylic acids is 2. The lowest BCUT2D eigenvalue weighted by molar-refractivity contribution is -0.134. The van der Waals surface area contributed by atoms with E-state index in [0.717, 1.165) is 5.56 Å². The third kappa shape index (κ3) is 2.79. The molecule has 0 bridgehead atoms. The average Bonchev–Trinajstić information content (AvgIpc) is 2.27. The van der Waals surface area contributed by atoms with Crippen LogP contribution in [0.15, 0.2) is 36.4 Å². The quantitative estimate of drug-likeness (QED) is 0.764. The van der Waals surface area contributed by atoms with Crippen molar-refractivity contribution in [3.63, 3.8) is 0 Å². The Morgan fingerprint density at radius 3 is 2.31 bits per heavy atom. The first kappa shape index (κ1) is 10.6. The monoisotopic (exact) mass is 215 g/mol. The summed E-state index contributed by atoms with van der Waals surface area (Å²) < 4.78 is 0. The predicted molar refractivity (Wildman–Crippen MR) is 61.3 cm³/mol. The van der Waals surface area contributed by atoms with Crippen molar-refractivity contribution in [1.82, 2.24) is 5.32 Å². The highest BCUT2D eigenvalue weighted by atomic mass is 16.2. The number of imide groups is 1. The number of benzene rings is 1. The van der Waals surface area contributed by atoms with Crippen LogP contribution in [-0.4, -0.2) is 11.8 Å². The number of piperidine rings is 1. The summed E-state index contributed by atoms with van der Waals surface area (Å²) in [4.78, 5) is 22.3. The van der Waals surface area contributed by atoms with Crippen molar-refractivity contribution in [2.24, 2.45) is 5.92 Å². The Morgan fingerprint density at radius 1 is 1.06 bits per heavy atom. The maximum atomic E-state index is 11.1. The normalized spacial score (nSPS) is 17.8. The van der Waals surface area contributed by atoms with E-state index >= 15 is 0 Å². The summed E-state index contributed by atoms with van der Waals surface area (Å²) in [6, 6.07) is 9.84. The van der Waals surface area contributed by atoms with Crippen molar-refractivity contribution in [2.45, 2.75) is 12.8 Å². The van der Waals surface area contributed by atoms with E-state index in [-0.39, 0.29) is 17.7 Å². The second-order valence-corrected chi connectivity index (χ2v) is 3.91. The van der Waals surface area contributed by atoms with Gasteiger partial charge in [0.05, 0.1) is 0 Å². The van der Waals surface area contributed by atoms with Crippen LogP contribution in [0.5, 0.6) is 0 Å². The van der Waals surface area contributed by atoms with Crippen LogP contribution in [0.1, 0.15) is 18.4 Å². The molecule has 1 saturated heterocycles. The Morgan fingerprint density at radius 2 is 1.69 bits per heavy atom. The number of amides is 2. The van der Waals surface area contributed by atoms with Crippen molar-refractivity contribution < 1.29 is 9.59 Å². The SMILES string of the molecule is O=C1CC(/C=C/c2ccccc2)CC(=O)N1. The molecule has 1 heterocycles. The van der Waals surface area contributed by atoms with Crippen LogP contribution < -0.4 is 5.32 Å². The number of hydrogen-bond donors (Lipinski definition) is 1. The predicted octanol–water partition coefficient (Wildman–Crippen LogP) is 1.75. The first-order valence-electron chi connectivity index (χ1n) is 5.30. The van der Waals surface area contributed by atoms with E-state index in [9.17, 15) is 9.59 Å². The number of carbonyl (C=O) groups is 2. The minimum atomic E-state index is -0.182. The Bertz CT molecular complexity index is 407. The lowest BCUT2D eigenvalue weighted by atomic mass is 9.96. The molecule has 0 unspecified atom stereocenters. The third-order valence-electron chi connectivity index (χ3n) is 2.53. The molecule has 0 saturated carbocycles. The van der Waals surface area contributed by atoms with E-state index in [0.29, 0.717) is 12.8 Å². The van der Waals surface area contributed by atoms with E-state index in [4.69, 9.17) is 0 Å². The molecular formula is C13H13NO2. The summed E-state index contributed by atoms with van der Waals surface area (Å²) >= 11 is 0. The standard InChI is InChI=1S/C13H13NO2/c15-12-8-11(9-13(16)14-12)7-6-10-4-2-1-3-5-10/h1-7,11H,8-9H2,(H,14,15,16)/b7-6+. The highest BCUT2D eigenvalue weighted by molar-refractivity contribution is 5.98. The fourth-order valence-corrected chi connectivity index (χ4v) is 1.75. The van der Waals surface area contributed by atoms with Gasteiger partial charge in [-0.15, -0.1) is 0 Å². The van der Waals surface area contributed by atoms with Crippen molar-refractivity contribution in [3.8, 4) is 0 Å². The van der Waals surface area contributed by atoms with Gasteiger partial charge in [0, 0.05) is 12.8 Å². The molecule has 0 atom stereocenters. The molecule has 1 aromatic carbocycles. The van der Waals surface area contributed by atoms with Gasteiger partial charge < -0.3 is 0 Å². The zero-order chi connectivity index (χ0) is 11.4. The van der Waals surface area contributed by atoms with E-state index in [1.54, 1.807) is 0 Å². The Hall–Kier alpha value is -1.90. The summed E-state index contributed by atoms with van der Waals surface area (Å²) in [5.74, 6) is -0.334. The van der Waals surface area contributed by atoms with Crippen molar-refractivity contribution in [3.05, 3.63) is 42.0 Å². The fourth-order valence-electron chi connectivity index (χ4n) is 1.75. The van der Waals surface area contributed by atoms with Gasteiger partial charge in [0.25, 0.3) is 0 Å². The van der Waals surface area contributed by atoms with E-state index in [1.807, 2.05) is 42.5 Å². The number of rotatable bonds is 2. The second-order valence-electron chi connectivity index (χ2n) is 3.91. The van der Waals surface area contributed by atoms with Gasteiger partial charge in [0.1, 0.15) is 0 Å². The van der Waals surface area contributed by atoms with E-state index in [2.05, 4.69) is 5.32 Å². The smallest absolute Gasteiger partial charge is 0.227 e. The van der Waals surface area contributed by atoms with Crippen LogP contribution in [0.25, 0.3) is 6.08 Å². The van der Waals surface area contributed by atoms with Gasteiger partial charge in [-0.25, -0.2) is 0 Å². The lowest BCUT2D eigenvalue weighted by Crippen LogP contribution is -2.37. The van der Waals surface area contributed by atoms with Crippen molar-refractivity contribution >= 4 is 17.9 Å². The largest absolute Gasteiger partial charge is 0.296 e. The average molecular weight is 215 g/mol. The second kappa shape index (κ2) is 4.75. The molecule has 2 amide bonds. The fraction of sp³-hybridized carbons (Fsp3) is 0.231. The van der Waals surface area contributed by atoms with E-state index in [1.165, 1.54) is 0 Å². The molecule has 0 aromatic heterocycles. The zero-order valence-corrected chi connectivity index (χ0v) is 8.85. The summed E-state index contributed by atoms with van der Waals surface area (Å²) in [6.45, 7) is 0. The van der Waals surface area contributed by atoms with Gasteiger partial charge >= 0.3 is 0 Å². The summed E-state index contributed by atoms with van der Waals surface area (Å²) in [5.41, 5.74) is 1.08. The highest BCUT2D eigenvalue weighted by Crippen LogP contribution is 2.16. The Balaban J connectivity index is 2.02. The van der Waals surface area contributed by atoms with Crippen LogP contribution in [-0.2, 0) is 9.59 Å². The zero-order valence-electron chi connectivity index (χ0n) is 8.85. The highest BCUT2D eigenvalue weighted by Gasteiger charge is 2.22. The van der Waals surface area contributed by atoms with Gasteiger partial charge in [-0.05, 0) is 11.5 Å². The molecule has 1 aliphatic rings. The van der Waals surface area contributed by atoms with Gasteiger partial charge in [-0.1, -0.05) is 42.5 Å². The molecule has 1 N–H and O–H groups in total. The molecule has 0 aliphatic carbocycles. The van der Waals surface area contributed by atoms with Crippen LogP contribution >= 0.6 is 0 Å². The van der Waals surface area contributed by atoms with Crippen LogP contribution in [0.4, 0.5) is 0 Å². The number of nitrogens with one attached hydrogen (secondary N) is 1. The minimum Gasteiger partial charge on any atom is -0.296 e. The molecule has 0 spiro atoms. The van der Waals surface area contributed by atoms with Crippen LogP contribution in [0, 0.1) is 5.92 Å². The molecule has 1 aliphatic heterocycles. The number of allylic oxidation sites excluding steroid dienone is 1. The van der Waals surface area contributed by atoms with Gasteiger partial charge in [-0.3, -0.25) is 14.9 Å². The molecule has 2 rings (SSSR count). The van der Waals surface area contributed by atoms with Crippen LogP contribution in [0.3, 0.4) is 0 Å². The first-order chi connectivity index (χ1) is 7.74. The van der Waals surface area contributed by atoms with Crippen molar-refractivity contribution in [1.29, 1.82) is 0 Å². The topological polar surface area (TPSA) is 46.2 Å². The summed E-state index contributed by atoms with van der Waals surface area (Å²) in [6.07, 6.45) is 4.69. The van der Waals surface area contributed by atoms with Gasteiger partial charge in [-0.2, -0.15) is 0 Å². The molecular weight excluding hydrogens is 202 g/mol. The minimum absolute atomic E-state index is 0.0291. The van der Waals surface area contributed by atoms with Gasteiger partial charge in [0.15, 0.2) is 0 Å². The third-order valence-corrected chi connectivity index (χ3v) is 2.53. The first-order valence-corrected chi connectivity index (χ1v) is 5.30. The Labute approximate surface area is 94.2 Å². The maximum absolute atomic E-state index is 11.1.